The fourth-order valence-corrected chi connectivity index (χ4v) is 4.29. The van der Waals surface area contributed by atoms with Crippen LogP contribution >= 0.6 is 0 Å². The topological polar surface area (TPSA) is 52.7 Å². The lowest BCUT2D eigenvalue weighted by molar-refractivity contribution is 0.253. The fraction of sp³-hybridized carbons (Fsp3) is 1.00. The summed E-state index contributed by atoms with van der Waals surface area (Å²) in [6.45, 7) is 5.19. The molecule has 1 aliphatic carbocycles. The molecule has 0 aromatic heterocycles. The summed E-state index contributed by atoms with van der Waals surface area (Å²) in [4.78, 5) is 0. The SMILES string of the molecule is CCCCCN(C)S(=O)(=O)N1CCC(CNC2CC2)CC1. The third-order valence-corrected chi connectivity index (χ3v) is 6.63. The van der Waals surface area contributed by atoms with Crippen LogP contribution < -0.4 is 5.32 Å². The van der Waals surface area contributed by atoms with Crippen molar-refractivity contribution < 1.29 is 8.42 Å². The van der Waals surface area contributed by atoms with Crippen LogP contribution in [0.1, 0.15) is 51.9 Å². The van der Waals surface area contributed by atoms with Gasteiger partial charge in [0.1, 0.15) is 0 Å². The van der Waals surface area contributed by atoms with Crippen LogP contribution in [-0.4, -0.2) is 56.3 Å². The number of hydrogen-bond donors (Lipinski definition) is 1. The van der Waals surface area contributed by atoms with Gasteiger partial charge in [0.2, 0.25) is 0 Å². The minimum atomic E-state index is -3.24. The molecule has 0 spiro atoms. The summed E-state index contributed by atoms with van der Waals surface area (Å²) in [5.74, 6) is 0.641. The monoisotopic (exact) mass is 317 g/mol. The highest BCUT2D eigenvalue weighted by Crippen LogP contribution is 2.23. The van der Waals surface area contributed by atoms with Crippen molar-refractivity contribution in [3.05, 3.63) is 0 Å². The zero-order valence-electron chi connectivity index (χ0n) is 13.6. The van der Waals surface area contributed by atoms with Gasteiger partial charge in [-0.3, -0.25) is 0 Å². The van der Waals surface area contributed by atoms with Crippen LogP contribution in [-0.2, 0) is 10.2 Å². The van der Waals surface area contributed by atoms with E-state index in [1.54, 1.807) is 11.4 Å². The summed E-state index contributed by atoms with van der Waals surface area (Å²) in [6.07, 6.45) is 7.77. The van der Waals surface area contributed by atoms with E-state index in [2.05, 4.69) is 12.2 Å². The maximum atomic E-state index is 12.5. The Hall–Kier alpha value is -0.170. The second-order valence-electron chi connectivity index (χ2n) is 6.56. The largest absolute Gasteiger partial charge is 0.314 e. The van der Waals surface area contributed by atoms with Gasteiger partial charge in [-0.25, -0.2) is 0 Å². The molecule has 21 heavy (non-hydrogen) atoms. The van der Waals surface area contributed by atoms with Gasteiger partial charge in [0.25, 0.3) is 10.2 Å². The van der Waals surface area contributed by atoms with Crippen LogP contribution in [0.4, 0.5) is 0 Å². The number of piperidine rings is 1. The first-order valence-electron chi connectivity index (χ1n) is 8.48. The van der Waals surface area contributed by atoms with Gasteiger partial charge in [-0.15, -0.1) is 0 Å². The van der Waals surface area contributed by atoms with Crippen molar-refractivity contribution in [2.24, 2.45) is 5.92 Å². The molecule has 0 bridgehead atoms. The lowest BCUT2D eigenvalue weighted by atomic mass is 9.98. The summed E-state index contributed by atoms with van der Waals surface area (Å²) >= 11 is 0. The normalized spacial score (nSPS) is 22.0. The smallest absolute Gasteiger partial charge is 0.281 e. The predicted octanol–water partition coefficient (Wildman–Crippen LogP) is 1.82. The Bertz CT molecular complexity index is 401. The number of rotatable bonds is 9. The quantitative estimate of drug-likeness (QED) is 0.660. The van der Waals surface area contributed by atoms with Crippen molar-refractivity contribution >= 4 is 10.2 Å². The van der Waals surface area contributed by atoms with Gasteiger partial charge in [0.15, 0.2) is 0 Å². The molecule has 2 fully saturated rings. The van der Waals surface area contributed by atoms with E-state index in [4.69, 9.17) is 0 Å². The van der Waals surface area contributed by atoms with Crippen LogP contribution in [0, 0.1) is 5.92 Å². The summed E-state index contributed by atoms with van der Waals surface area (Å²) in [6, 6.07) is 0.747. The standard InChI is InChI=1S/C15H31N3O2S/c1-3-4-5-10-17(2)21(19,20)18-11-8-14(9-12-18)13-16-15-6-7-15/h14-16H,3-13H2,1-2H3. The Morgan fingerprint density at radius 2 is 1.81 bits per heavy atom. The number of hydrogen-bond acceptors (Lipinski definition) is 3. The minimum absolute atomic E-state index is 0.638. The molecule has 1 heterocycles. The molecule has 0 aromatic rings. The summed E-state index contributed by atoms with van der Waals surface area (Å²) in [5.41, 5.74) is 0. The molecule has 6 heteroatoms. The Balaban J connectivity index is 1.73. The third kappa shape index (κ3) is 5.20. The van der Waals surface area contributed by atoms with E-state index in [0.717, 1.165) is 44.7 Å². The molecule has 0 aromatic carbocycles. The Labute approximate surface area is 130 Å². The van der Waals surface area contributed by atoms with Crippen LogP contribution in [0.2, 0.25) is 0 Å². The van der Waals surface area contributed by atoms with E-state index in [9.17, 15) is 8.42 Å². The molecule has 1 aliphatic heterocycles. The van der Waals surface area contributed by atoms with E-state index >= 15 is 0 Å². The van der Waals surface area contributed by atoms with Gasteiger partial charge in [0, 0.05) is 32.7 Å². The molecule has 0 radical (unpaired) electrons. The maximum absolute atomic E-state index is 12.5. The van der Waals surface area contributed by atoms with E-state index in [1.807, 2.05) is 0 Å². The van der Waals surface area contributed by atoms with Crippen molar-refractivity contribution in [1.29, 1.82) is 0 Å². The van der Waals surface area contributed by atoms with Gasteiger partial charge >= 0.3 is 0 Å². The first kappa shape index (κ1) is 17.2. The Morgan fingerprint density at radius 1 is 1.14 bits per heavy atom. The fourth-order valence-electron chi connectivity index (χ4n) is 2.86. The van der Waals surface area contributed by atoms with E-state index in [-0.39, 0.29) is 0 Å². The molecule has 0 atom stereocenters. The van der Waals surface area contributed by atoms with Crippen molar-refractivity contribution in [2.45, 2.75) is 57.9 Å². The third-order valence-electron chi connectivity index (χ3n) is 4.64. The maximum Gasteiger partial charge on any atom is 0.281 e. The van der Waals surface area contributed by atoms with Gasteiger partial charge in [0.05, 0.1) is 0 Å². The number of unbranched alkanes of at least 4 members (excludes halogenated alkanes) is 2. The van der Waals surface area contributed by atoms with Gasteiger partial charge in [-0.05, 0) is 44.6 Å². The van der Waals surface area contributed by atoms with Crippen molar-refractivity contribution in [3.8, 4) is 0 Å². The van der Waals surface area contributed by atoms with Gasteiger partial charge < -0.3 is 5.32 Å². The number of nitrogens with zero attached hydrogens (tertiary/aromatic N) is 2. The molecule has 124 valence electrons. The van der Waals surface area contributed by atoms with E-state index in [1.165, 1.54) is 17.1 Å². The van der Waals surface area contributed by atoms with Crippen LogP contribution in [0.15, 0.2) is 0 Å². The summed E-state index contributed by atoms with van der Waals surface area (Å²) in [7, 11) is -1.52. The van der Waals surface area contributed by atoms with Gasteiger partial charge in [-0.1, -0.05) is 19.8 Å². The molecular formula is C15H31N3O2S. The summed E-state index contributed by atoms with van der Waals surface area (Å²) < 4.78 is 28.2. The minimum Gasteiger partial charge on any atom is -0.314 e. The van der Waals surface area contributed by atoms with Crippen molar-refractivity contribution in [3.63, 3.8) is 0 Å². The van der Waals surface area contributed by atoms with E-state index in [0.29, 0.717) is 25.6 Å². The molecule has 1 N–H and O–H groups in total. The highest BCUT2D eigenvalue weighted by atomic mass is 32.2. The highest BCUT2D eigenvalue weighted by Gasteiger charge is 2.31. The van der Waals surface area contributed by atoms with Crippen LogP contribution in [0.25, 0.3) is 0 Å². The highest BCUT2D eigenvalue weighted by molar-refractivity contribution is 7.86. The van der Waals surface area contributed by atoms with Crippen LogP contribution in [0.5, 0.6) is 0 Å². The summed E-state index contributed by atoms with van der Waals surface area (Å²) in [5, 5.41) is 3.56. The molecule has 0 amide bonds. The molecule has 0 unspecified atom stereocenters. The molecular weight excluding hydrogens is 286 g/mol. The lowest BCUT2D eigenvalue weighted by Crippen LogP contribution is -2.47. The van der Waals surface area contributed by atoms with Gasteiger partial charge in [-0.2, -0.15) is 17.0 Å². The van der Waals surface area contributed by atoms with E-state index < -0.39 is 10.2 Å². The Kier molecular flexibility index (Phi) is 6.47. The van der Waals surface area contributed by atoms with Crippen LogP contribution in [0.3, 0.4) is 0 Å². The molecule has 5 nitrogen and oxygen atoms in total. The Morgan fingerprint density at radius 3 is 2.38 bits per heavy atom. The number of nitrogens with one attached hydrogen (secondary N) is 1. The molecule has 1 saturated heterocycles. The second kappa shape index (κ2) is 7.90. The average molecular weight is 317 g/mol. The lowest BCUT2D eigenvalue weighted by Gasteiger charge is -2.33. The first-order valence-corrected chi connectivity index (χ1v) is 9.88. The zero-order chi connectivity index (χ0) is 15.3. The van der Waals surface area contributed by atoms with Crippen molar-refractivity contribution in [1.82, 2.24) is 13.9 Å². The van der Waals surface area contributed by atoms with Crippen molar-refractivity contribution in [2.75, 3.05) is 33.2 Å². The second-order valence-corrected chi connectivity index (χ2v) is 8.60. The molecule has 2 rings (SSSR count). The first-order chi connectivity index (χ1) is 10.0. The zero-order valence-corrected chi connectivity index (χ0v) is 14.4. The molecule has 1 saturated carbocycles. The average Bonchev–Trinajstić information content (AvgIpc) is 3.30. The molecule has 2 aliphatic rings. The predicted molar refractivity (Wildman–Crippen MR) is 86.4 cm³/mol.